The van der Waals surface area contributed by atoms with E-state index in [2.05, 4.69) is 193 Å². The van der Waals surface area contributed by atoms with E-state index < -0.39 is 0 Å². The van der Waals surface area contributed by atoms with Gasteiger partial charge in [0.05, 0.1) is 11.4 Å². The van der Waals surface area contributed by atoms with Gasteiger partial charge in [-0.25, -0.2) is 0 Å². The number of nitrogens with zero attached hydrogens (tertiary/aromatic N) is 1. The summed E-state index contributed by atoms with van der Waals surface area (Å²) in [5.74, 6) is 0. The lowest BCUT2D eigenvalue weighted by Gasteiger charge is -2.30. The van der Waals surface area contributed by atoms with Crippen LogP contribution in [0, 0.1) is 0 Å². The SMILES string of the molecule is c1ccc(-c2ccccc2-c2ccccc2-c2ccccc2N(c2ccccc2)c2cc3ccccc3c3ccccc23)cc1. The zero-order valence-electron chi connectivity index (χ0n) is 24.8. The number of hydrogen-bond donors (Lipinski definition) is 0. The Balaban J connectivity index is 1.40. The van der Waals surface area contributed by atoms with Gasteiger partial charge >= 0.3 is 0 Å². The summed E-state index contributed by atoms with van der Waals surface area (Å²) in [6.07, 6.45) is 0. The topological polar surface area (TPSA) is 3.24 Å². The minimum atomic E-state index is 1.12. The van der Waals surface area contributed by atoms with Gasteiger partial charge in [0.25, 0.3) is 0 Å². The van der Waals surface area contributed by atoms with E-state index in [0.29, 0.717) is 0 Å². The minimum Gasteiger partial charge on any atom is -0.309 e. The molecule has 0 spiro atoms. The van der Waals surface area contributed by atoms with Crippen molar-refractivity contribution in [1.82, 2.24) is 0 Å². The monoisotopic (exact) mass is 573 g/mol. The van der Waals surface area contributed by atoms with Gasteiger partial charge in [0.1, 0.15) is 0 Å². The third kappa shape index (κ3) is 4.85. The molecule has 45 heavy (non-hydrogen) atoms. The fourth-order valence-electron chi connectivity index (χ4n) is 6.64. The van der Waals surface area contributed by atoms with Crippen LogP contribution in [0.3, 0.4) is 0 Å². The maximum absolute atomic E-state index is 2.43. The molecule has 212 valence electrons. The Hall–Kier alpha value is -5.92. The average Bonchev–Trinajstić information content (AvgIpc) is 3.13. The summed E-state index contributed by atoms with van der Waals surface area (Å²) in [6, 6.07) is 67.6. The van der Waals surface area contributed by atoms with Crippen LogP contribution in [0.2, 0.25) is 0 Å². The molecule has 8 aromatic rings. The number of anilines is 3. The highest BCUT2D eigenvalue weighted by Gasteiger charge is 2.22. The molecule has 8 aromatic carbocycles. The van der Waals surface area contributed by atoms with E-state index in [-0.39, 0.29) is 0 Å². The van der Waals surface area contributed by atoms with E-state index in [4.69, 9.17) is 0 Å². The van der Waals surface area contributed by atoms with Crippen molar-refractivity contribution in [2.24, 2.45) is 0 Å². The Morgan fingerprint density at radius 2 is 0.756 bits per heavy atom. The summed E-state index contributed by atoms with van der Waals surface area (Å²) < 4.78 is 0. The van der Waals surface area contributed by atoms with Crippen LogP contribution in [0.1, 0.15) is 0 Å². The summed E-state index contributed by atoms with van der Waals surface area (Å²) in [7, 11) is 0. The number of fused-ring (bicyclic) bond motifs is 3. The predicted molar refractivity (Wildman–Crippen MR) is 192 cm³/mol. The van der Waals surface area contributed by atoms with Crippen LogP contribution in [-0.4, -0.2) is 0 Å². The van der Waals surface area contributed by atoms with Crippen LogP contribution in [0.4, 0.5) is 17.1 Å². The van der Waals surface area contributed by atoms with Crippen molar-refractivity contribution in [3.8, 4) is 33.4 Å². The Kier molecular flexibility index (Phi) is 6.90. The maximum atomic E-state index is 2.43. The summed E-state index contributed by atoms with van der Waals surface area (Å²) in [5.41, 5.74) is 10.6. The Morgan fingerprint density at radius 3 is 1.47 bits per heavy atom. The Morgan fingerprint density at radius 1 is 0.289 bits per heavy atom. The highest BCUT2D eigenvalue weighted by Crippen LogP contribution is 2.47. The first kappa shape index (κ1) is 26.7. The third-order valence-electron chi connectivity index (χ3n) is 8.67. The van der Waals surface area contributed by atoms with Crippen LogP contribution >= 0.6 is 0 Å². The molecule has 0 unspecified atom stereocenters. The predicted octanol–water partition coefficient (Wildman–Crippen LogP) is 12.5. The van der Waals surface area contributed by atoms with E-state index in [0.717, 1.165) is 17.1 Å². The zero-order valence-corrected chi connectivity index (χ0v) is 24.8. The highest BCUT2D eigenvalue weighted by molar-refractivity contribution is 6.15. The largest absolute Gasteiger partial charge is 0.309 e. The number of rotatable bonds is 6. The van der Waals surface area contributed by atoms with Gasteiger partial charge in [0.2, 0.25) is 0 Å². The van der Waals surface area contributed by atoms with E-state index in [1.807, 2.05) is 0 Å². The molecule has 1 nitrogen and oxygen atoms in total. The molecule has 0 saturated heterocycles. The molecule has 0 N–H and O–H groups in total. The molecule has 0 heterocycles. The van der Waals surface area contributed by atoms with Gasteiger partial charge < -0.3 is 4.90 Å². The molecular formula is C44H31N. The maximum Gasteiger partial charge on any atom is 0.0546 e. The van der Waals surface area contributed by atoms with Crippen molar-refractivity contribution in [1.29, 1.82) is 0 Å². The average molecular weight is 574 g/mol. The lowest BCUT2D eigenvalue weighted by atomic mass is 9.88. The first-order valence-corrected chi connectivity index (χ1v) is 15.5. The molecule has 0 saturated carbocycles. The van der Waals surface area contributed by atoms with E-state index in [1.54, 1.807) is 0 Å². The summed E-state index contributed by atoms with van der Waals surface area (Å²) in [4.78, 5) is 2.43. The second-order valence-electron chi connectivity index (χ2n) is 11.3. The van der Waals surface area contributed by atoms with Crippen molar-refractivity contribution < 1.29 is 0 Å². The third-order valence-corrected chi connectivity index (χ3v) is 8.67. The van der Waals surface area contributed by atoms with Gasteiger partial charge in [-0.05, 0) is 68.2 Å². The lowest BCUT2D eigenvalue weighted by Crippen LogP contribution is -2.12. The van der Waals surface area contributed by atoms with Crippen LogP contribution < -0.4 is 4.90 Å². The quantitative estimate of drug-likeness (QED) is 0.179. The Labute approximate surface area is 264 Å². The molecule has 0 aromatic heterocycles. The smallest absolute Gasteiger partial charge is 0.0546 e. The number of hydrogen-bond acceptors (Lipinski definition) is 1. The molecule has 0 atom stereocenters. The highest BCUT2D eigenvalue weighted by atomic mass is 15.1. The molecule has 8 rings (SSSR count). The van der Waals surface area contributed by atoms with Crippen molar-refractivity contribution in [2.75, 3.05) is 4.90 Å². The van der Waals surface area contributed by atoms with Gasteiger partial charge in [-0.3, -0.25) is 0 Å². The second-order valence-corrected chi connectivity index (χ2v) is 11.3. The molecule has 0 aliphatic carbocycles. The van der Waals surface area contributed by atoms with Crippen LogP contribution in [0.25, 0.3) is 54.9 Å². The molecular weight excluding hydrogens is 542 g/mol. The van der Waals surface area contributed by atoms with Gasteiger partial charge in [-0.1, -0.05) is 164 Å². The molecule has 0 aliphatic heterocycles. The zero-order chi connectivity index (χ0) is 30.0. The van der Waals surface area contributed by atoms with Crippen LogP contribution in [0.5, 0.6) is 0 Å². The van der Waals surface area contributed by atoms with Crippen LogP contribution in [-0.2, 0) is 0 Å². The number of para-hydroxylation sites is 2. The van der Waals surface area contributed by atoms with Crippen molar-refractivity contribution in [3.05, 3.63) is 188 Å². The fourth-order valence-corrected chi connectivity index (χ4v) is 6.64. The molecule has 1 heteroatoms. The molecule has 0 fully saturated rings. The second kappa shape index (κ2) is 11.6. The summed E-state index contributed by atoms with van der Waals surface area (Å²) in [6.45, 7) is 0. The lowest BCUT2D eigenvalue weighted by molar-refractivity contribution is 1.30. The van der Waals surface area contributed by atoms with Crippen molar-refractivity contribution in [2.45, 2.75) is 0 Å². The Bertz CT molecular complexity index is 2270. The summed E-state index contributed by atoms with van der Waals surface area (Å²) in [5, 5.41) is 4.96. The minimum absolute atomic E-state index is 1.12. The van der Waals surface area contributed by atoms with Gasteiger partial charge in [0, 0.05) is 16.6 Å². The van der Waals surface area contributed by atoms with E-state index >= 15 is 0 Å². The normalized spacial score (nSPS) is 11.1. The van der Waals surface area contributed by atoms with E-state index in [9.17, 15) is 0 Å². The molecule has 0 amide bonds. The molecule has 0 aliphatic rings. The van der Waals surface area contributed by atoms with E-state index in [1.165, 1.54) is 54.9 Å². The standard InChI is InChI=1S/C44H31N/c1-3-17-32(18-4-1)35-22-9-10-24-37(35)39-26-11-12-27-40(39)41-28-15-16-30-43(41)45(34-20-5-2-6-21-34)44-31-33-19-7-8-23-36(33)38-25-13-14-29-42(38)44/h1-31H. The first-order chi connectivity index (χ1) is 22.4. The molecule has 0 bridgehead atoms. The van der Waals surface area contributed by atoms with Gasteiger partial charge in [0.15, 0.2) is 0 Å². The first-order valence-electron chi connectivity index (χ1n) is 15.5. The van der Waals surface area contributed by atoms with Gasteiger partial charge in [-0.2, -0.15) is 0 Å². The van der Waals surface area contributed by atoms with Crippen molar-refractivity contribution in [3.63, 3.8) is 0 Å². The summed E-state index contributed by atoms with van der Waals surface area (Å²) >= 11 is 0. The number of benzene rings is 8. The van der Waals surface area contributed by atoms with Crippen molar-refractivity contribution >= 4 is 38.6 Å². The van der Waals surface area contributed by atoms with Gasteiger partial charge in [-0.15, -0.1) is 0 Å². The fraction of sp³-hybridized carbons (Fsp3) is 0. The van der Waals surface area contributed by atoms with Crippen LogP contribution in [0.15, 0.2) is 188 Å². The molecule has 0 radical (unpaired) electrons.